The zero-order chi connectivity index (χ0) is 17.1. The van der Waals surface area contributed by atoms with Gasteiger partial charge in [0, 0.05) is 6.20 Å². The molecule has 1 aliphatic heterocycles. The monoisotopic (exact) mass is 328 g/mol. The Balaban J connectivity index is 1.67. The molecule has 0 spiro atoms. The van der Waals surface area contributed by atoms with E-state index in [4.69, 9.17) is 0 Å². The van der Waals surface area contributed by atoms with Crippen LogP contribution in [0.2, 0.25) is 0 Å². The molecule has 3 amide bonds. The molecule has 1 aromatic heterocycles. The first-order valence-electron chi connectivity index (χ1n) is 7.15. The molecular formula is C16H13FN4O3. The zero-order valence-electron chi connectivity index (χ0n) is 12.4. The number of carbonyl (C=O) groups is 3. The molecule has 3 rings (SSSR count). The van der Waals surface area contributed by atoms with Crippen molar-refractivity contribution in [3.63, 3.8) is 0 Å². The number of pyridine rings is 1. The highest BCUT2D eigenvalue weighted by atomic mass is 19.1. The van der Waals surface area contributed by atoms with Gasteiger partial charge in [-0.25, -0.2) is 14.7 Å². The third-order valence-electron chi connectivity index (χ3n) is 3.47. The summed E-state index contributed by atoms with van der Waals surface area (Å²) in [5.41, 5.74) is 5.21. The topological polar surface area (TPSA) is 91.4 Å². The van der Waals surface area contributed by atoms with Crippen molar-refractivity contribution in [1.82, 2.24) is 15.8 Å². The van der Waals surface area contributed by atoms with Crippen molar-refractivity contribution in [3.05, 3.63) is 60.2 Å². The van der Waals surface area contributed by atoms with Crippen LogP contribution >= 0.6 is 0 Å². The van der Waals surface area contributed by atoms with Crippen LogP contribution in [-0.4, -0.2) is 28.7 Å². The molecule has 1 aromatic carbocycles. The van der Waals surface area contributed by atoms with Crippen molar-refractivity contribution in [2.75, 3.05) is 4.90 Å². The molecule has 0 bridgehead atoms. The number of rotatable bonds is 4. The number of amides is 3. The molecule has 1 fully saturated rings. The minimum Gasteiger partial charge on any atom is -0.285 e. The lowest BCUT2D eigenvalue weighted by Gasteiger charge is -2.15. The van der Waals surface area contributed by atoms with Crippen molar-refractivity contribution >= 4 is 23.4 Å². The van der Waals surface area contributed by atoms with Gasteiger partial charge in [-0.2, -0.15) is 0 Å². The van der Waals surface area contributed by atoms with Crippen LogP contribution in [0.15, 0.2) is 48.7 Å². The predicted octanol–water partition coefficient (Wildman–Crippen LogP) is 0.787. The number of nitrogens with one attached hydrogen (secondary N) is 2. The number of nitrogens with zero attached hydrogens (tertiary/aromatic N) is 2. The largest absolute Gasteiger partial charge is 0.285 e. The molecule has 0 aliphatic carbocycles. The number of anilines is 1. The highest BCUT2D eigenvalue weighted by Crippen LogP contribution is 2.23. The summed E-state index contributed by atoms with van der Waals surface area (Å²) >= 11 is 0. The minimum atomic E-state index is -0.923. The summed E-state index contributed by atoms with van der Waals surface area (Å²) in [6.07, 6.45) is 1.32. The SMILES string of the molecule is O=C(NN[C@@H]1CC(=O)N(c2cccc(F)c2)C1=O)c1ccccn1. The summed E-state index contributed by atoms with van der Waals surface area (Å²) < 4.78 is 13.3. The van der Waals surface area contributed by atoms with Crippen molar-refractivity contribution in [2.45, 2.75) is 12.5 Å². The van der Waals surface area contributed by atoms with Crippen LogP contribution in [0.25, 0.3) is 0 Å². The number of aromatic nitrogens is 1. The van der Waals surface area contributed by atoms with Crippen LogP contribution in [-0.2, 0) is 9.59 Å². The molecule has 1 atom stereocenters. The van der Waals surface area contributed by atoms with Crippen molar-refractivity contribution in [1.29, 1.82) is 0 Å². The second-order valence-electron chi connectivity index (χ2n) is 5.12. The number of halogens is 1. The number of benzene rings is 1. The van der Waals surface area contributed by atoms with E-state index in [9.17, 15) is 18.8 Å². The molecule has 2 N–H and O–H groups in total. The maximum absolute atomic E-state index is 13.3. The zero-order valence-corrected chi connectivity index (χ0v) is 12.4. The molecule has 0 saturated carbocycles. The van der Waals surface area contributed by atoms with E-state index in [-0.39, 0.29) is 17.8 Å². The van der Waals surface area contributed by atoms with Crippen LogP contribution in [0, 0.1) is 5.82 Å². The van der Waals surface area contributed by atoms with E-state index >= 15 is 0 Å². The van der Waals surface area contributed by atoms with E-state index in [1.54, 1.807) is 12.1 Å². The van der Waals surface area contributed by atoms with Gasteiger partial charge in [-0.3, -0.25) is 24.8 Å². The Kier molecular flexibility index (Phi) is 4.30. The summed E-state index contributed by atoms with van der Waals surface area (Å²) in [6.45, 7) is 0. The Bertz CT molecular complexity index is 797. The van der Waals surface area contributed by atoms with E-state index in [2.05, 4.69) is 15.8 Å². The second-order valence-corrected chi connectivity index (χ2v) is 5.12. The molecule has 7 nitrogen and oxygen atoms in total. The number of carbonyl (C=O) groups excluding carboxylic acids is 3. The third kappa shape index (κ3) is 3.13. The lowest BCUT2D eigenvalue weighted by Crippen LogP contribution is -2.48. The lowest BCUT2D eigenvalue weighted by molar-refractivity contribution is -0.121. The maximum atomic E-state index is 13.3. The van der Waals surface area contributed by atoms with Crippen LogP contribution in [0.1, 0.15) is 16.9 Å². The number of imide groups is 1. The van der Waals surface area contributed by atoms with E-state index in [1.807, 2.05) is 0 Å². The summed E-state index contributed by atoms with van der Waals surface area (Å²) in [4.78, 5) is 41.0. The van der Waals surface area contributed by atoms with E-state index < -0.39 is 29.6 Å². The highest BCUT2D eigenvalue weighted by Gasteiger charge is 2.39. The maximum Gasteiger partial charge on any atom is 0.283 e. The van der Waals surface area contributed by atoms with Gasteiger partial charge in [0.2, 0.25) is 5.91 Å². The molecule has 1 saturated heterocycles. The van der Waals surface area contributed by atoms with E-state index in [1.165, 1.54) is 30.5 Å². The van der Waals surface area contributed by atoms with Crippen molar-refractivity contribution < 1.29 is 18.8 Å². The molecule has 24 heavy (non-hydrogen) atoms. The van der Waals surface area contributed by atoms with Gasteiger partial charge in [0.15, 0.2) is 0 Å². The van der Waals surface area contributed by atoms with Gasteiger partial charge in [0.05, 0.1) is 12.1 Å². The van der Waals surface area contributed by atoms with Crippen LogP contribution in [0.3, 0.4) is 0 Å². The van der Waals surface area contributed by atoms with Crippen LogP contribution < -0.4 is 15.8 Å². The van der Waals surface area contributed by atoms with Gasteiger partial charge in [0.25, 0.3) is 11.8 Å². The van der Waals surface area contributed by atoms with Gasteiger partial charge >= 0.3 is 0 Å². The molecule has 122 valence electrons. The molecule has 2 aromatic rings. The van der Waals surface area contributed by atoms with E-state index in [0.717, 1.165) is 11.0 Å². The van der Waals surface area contributed by atoms with E-state index in [0.29, 0.717) is 0 Å². The molecule has 0 radical (unpaired) electrons. The van der Waals surface area contributed by atoms with Gasteiger partial charge in [-0.15, -0.1) is 0 Å². The fourth-order valence-electron chi connectivity index (χ4n) is 2.34. The molecule has 2 heterocycles. The van der Waals surface area contributed by atoms with Gasteiger partial charge in [-0.05, 0) is 30.3 Å². The Morgan fingerprint density at radius 1 is 1.21 bits per heavy atom. The standard InChI is InChI=1S/C16H13FN4O3/c17-10-4-3-5-11(8-10)21-14(22)9-13(16(21)24)19-20-15(23)12-6-1-2-7-18-12/h1-8,13,19H,9H2,(H,20,23)/t13-/m1/s1. The highest BCUT2D eigenvalue weighted by molar-refractivity contribution is 6.22. The first-order chi connectivity index (χ1) is 11.6. The Hall–Kier alpha value is -3.13. The molecule has 1 aliphatic rings. The first-order valence-corrected chi connectivity index (χ1v) is 7.15. The predicted molar refractivity (Wildman–Crippen MR) is 82.1 cm³/mol. The fraction of sp³-hybridized carbons (Fsp3) is 0.125. The Morgan fingerprint density at radius 2 is 2.04 bits per heavy atom. The Morgan fingerprint density at radius 3 is 2.75 bits per heavy atom. The average molecular weight is 328 g/mol. The summed E-state index contributed by atoms with van der Waals surface area (Å²) in [5, 5.41) is 0. The quantitative estimate of drug-likeness (QED) is 0.639. The number of hydrazine groups is 1. The van der Waals surface area contributed by atoms with Crippen molar-refractivity contribution in [3.8, 4) is 0 Å². The average Bonchev–Trinajstić information content (AvgIpc) is 2.87. The minimum absolute atomic E-state index is 0.141. The van der Waals surface area contributed by atoms with Gasteiger partial charge in [-0.1, -0.05) is 12.1 Å². The summed E-state index contributed by atoms with van der Waals surface area (Å²) in [7, 11) is 0. The summed E-state index contributed by atoms with van der Waals surface area (Å²) in [6, 6.07) is 9.11. The molecule has 8 heteroatoms. The van der Waals surface area contributed by atoms with Crippen LogP contribution in [0.4, 0.5) is 10.1 Å². The summed E-state index contributed by atoms with van der Waals surface area (Å²) in [5.74, 6) is -2.12. The Labute approximate surface area is 136 Å². The number of hydrogen-bond acceptors (Lipinski definition) is 5. The third-order valence-corrected chi connectivity index (χ3v) is 3.47. The molecule has 0 unspecified atom stereocenters. The smallest absolute Gasteiger partial charge is 0.283 e. The number of hydrogen-bond donors (Lipinski definition) is 2. The van der Waals surface area contributed by atoms with Gasteiger partial charge in [0.1, 0.15) is 17.6 Å². The van der Waals surface area contributed by atoms with Gasteiger partial charge < -0.3 is 0 Å². The second kappa shape index (κ2) is 6.55. The van der Waals surface area contributed by atoms with Crippen molar-refractivity contribution in [2.24, 2.45) is 0 Å². The fourth-order valence-corrected chi connectivity index (χ4v) is 2.34. The normalized spacial score (nSPS) is 17.2. The first kappa shape index (κ1) is 15.8. The van der Waals surface area contributed by atoms with Crippen LogP contribution in [0.5, 0.6) is 0 Å². The molecular weight excluding hydrogens is 315 g/mol. The lowest BCUT2D eigenvalue weighted by atomic mass is 10.2.